The number of hydrogen-bond acceptors (Lipinski definition) is 6. The molecule has 0 unspecified atom stereocenters. The summed E-state index contributed by atoms with van der Waals surface area (Å²) >= 11 is 0. The molecule has 0 aromatic heterocycles. The van der Waals surface area contributed by atoms with Crippen molar-refractivity contribution in [3.8, 4) is 11.5 Å². The summed E-state index contributed by atoms with van der Waals surface area (Å²) in [5.41, 5.74) is 0.479. The van der Waals surface area contributed by atoms with Gasteiger partial charge in [0.25, 0.3) is 0 Å². The molecule has 4 rings (SSSR count). The number of aliphatic hydroxyl groups excluding tert-OH is 1. The Kier molecular flexibility index (Phi) is 8.58. The van der Waals surface area contributed by atoms with Gasteiger partial charge in [-0.2, -0.15) is 0 Å². The summed E-state index contributed by atoms with van der Waals surface area (Å²) in [6.45, 7) is 13.4. The van der Waals surface area contributed by atoms with Crippen molar-refractivity contribution in [2.45, 2.75) is 98.1 Å². The predicted octanol–water partition coefficient (Wildman–Crippen LogP) is 7.55. The molecule has 1 aromatic carbocycles. The second-order valence-electron chi connectivity index (χ2n) is 12.0. The highest BCUT2D eigenvalue weighted by molar-refractivity contribution is 7.54. The van der Waals surface area contributed by atoms with Gasteiger partial charge < -0.3 is 23.6 Å². The van der Waals surface area contributed by atoms with Crippen LogP contribution < -0.4 is 9.47 Å². The zero-order valence-corrected chi connectivity index (χ0v) is 23.2. The van der Waals surface area contributed by atoms with Gasteiger partial charge in [0.15, 0.2) is 17.3 Å². The van der Waals surface area contributed by atoms with E-state index >= 15 is 0 Å². The number of aliphatic hydroxyl groups is 1. The van der Waals surface area contributed by atoms with Crippen molar-refractivity contribution in [1.82, 2.24) is 0 Å². The quantitative estimate of drug-likeness (QED) is 0.365. The van der Waals surface area contributed by atoms with Crippen molar-refractivity contribution in [2.75, 3.05) is 6.79 Å². The zero-order valence-electron chi connectivity index (χ0n) is 22.3. The monoisotopic (exact) mass is 508 g/mol. The Bertz CT molecular complexity index is 863. The molecular formula is C28H45O6P. The Morgan fingerprint density at radius 1 is 0.857 bits per heavy atom. The smallest absolute Gasteiger partial charge is 0.363 e. The van der Waals surface area contributed by atoms with E-state index in [1.54, 1.807) is 18.2 Å². The summed E-state index contributed by atoms with van der Waals surface area (Å²) in [5, 5.41) is 11.6. The van der Waals surface area contributed by atoms with Crippen molar-refractivity contribution >= 4 is 7.60 Å². The van der Waals surface area contributed by atoms with Crippen LogP contribution in [0.25, 0.3) is 0 Å². The Balaban J connectivity index is 1.67. The topological polar surface area (TPSA) is 74.2 Å². The van der Waals surface area contributed by atoms with E-state index in [9.17, 15) is 9.67 Å². The van der Waals surface area contributed by atoms with E-state index in [-0.39, 0.29) is 19.0 Å². The molecule has 3 aliphatic rings. The van der Waals surface area contributed by atoms with E-state index in [2.05, 4.69) is 41.5 Å². The fraction of sp³-hybridized carbons (Fsp3) is 0.786. The maximum atomic E-state index is 14.7. The van der Waals surface area contributed by atoms with Crippen LogP contribution in [-0.4, -0.2) is 24.1 Å². The van der Waals surface area contributed by atoms with E-state index < -0.39 is 13.4 Å². The molecule has 0 saturated heterocycles. The van der Waals surface area contributed by atoms with Gasteiger partial charge in [-0.1, -0.05) is 60.5 Å². The molecule has 35 heavy (non-hydrogen) atoms. The first-order chi connectivity index (χ1) is 16.6. The zero-order chi connectivity index (χ0) is 25.3. The molecule has 6 nitrogen and oxygen atoms in total. The Labute approximate surface area is 211 Å². The van der Waals surface area contributed by atoms with Gasteiger partial charge in [-0.05, 0) is 78.9 Å². The van der Waals surface area contributed by atoms with Crippen LogP contribution in [0.5, 0.6) is 11.5 Å². The maximum Gasteiger partial charge on any atom is 0.363 e. The standard InChI is InChI=1S/C28H45O6P/c1-17(2)22-10-7-19(5)13-25(22)33-35(30,34-26-14-20(6)8-11-23(26)18(3)4)28(29)21-9-12-24-27(15-21)32-16-31-24/h9,12,15,17-20,22-23,25-26,28-29H,7-8,10-11,13-14,16H2,1-6H3/t19-,20-,22+,23+,25-,26-,28+/m1/s1. The summed E-state index contributed by atoms with van der Waals surface area (Å²) in [5.74, 6) is 2.16. The van der Waals surface area contributed by atoms with Crippen molar-refractivity contribution < 1.29 is 28.2 Å². The minimum Gasteiger partial charge on any atom is -0.454 e. The summed E-state index contributed by atoms with van der Waals surface area (Å²) < 4.78 is 38.8. The summed E-state index contributed by atoms with van der Waals surface area (Å²) in [6.07, 6.45) is 5.63. The van der Waals surface area contributed by atoms with Crippen LogP contribution >= 0.6 is 7.60 Å². The van der Waals surface area contributed by atoms with E-state index in [1.165, 1.54) is 0 Å². The molecule has 0 amide bonds. The van der Waals surface area contributed by atoms with Gasteiger partial charge in [0.2, 0.25) is 6.79 Å². The lowest BCUT2D eigenvalue weighted by atomic mass is 9.75. The normalized spacial score (nSPS) is 32.3. The molecule has 0 bridgehead atoms. The van der Waals surface area contributed by atoms with Gasteiger partial charge >= 0.3 is 7.60 Å². The van der Waals surface area contributed by atoms with Crippen molar-refractivity contribution in [3.63, 3.8) is 0 Å². The highest BCUT2D eigenvalue weighted by Gasteiger charge is 2.46. The molecule has 0 radical (unpaired) electrons. The van der Waals surface area contributed by atoms with Crippen LogP contribution in [0.1, 0.15) is 91.5 Å². The van der Waals surface area contributed by atoms with E-state index in [4.69, 9.17) is 18.5 Å². The molecular weight excluding hydrogens is 463 g/mol. The van der Waals surface area contributed by atoms with Gasteiger partial charge in [-0.25, -0.2) is 0 Å². The lowest BCUT2D eigenvalue weighted by molar-refractivity contribution is -0.0154. The van der Waals surface area contributed by atoms with Crippen LogP contribution in [0.2, 0.25) is 0 Å². The van der Waals surface area contributed by atoms with Crippen LogP contribution in [0.3, 0.4) is 0 Å². The minimum atomic E-state index is -3.94. The third-order valence-corrected chi connectivity index (χ3v) is 10.5. The molecule has 1 N–H and O–H groups in total. The molecule has 2 saturated carbocycles. The number of fused-ring (bicyclic) bond motifs is 1. The van der Waals surface area contributed by atoms with E-state index in [1.807, 2.05) is 0 Å². The molecule has 1 heterocycles. The fourth-order valence-electron chi connectivity index (χ4n) is 6.25. The first kappa shape index (κ1) is 27.0. The Morgan fingerprint density at radius 3 is 1.89 bits per heavy atom. The van der Waals surface area contributed by atoms with Gasteiger partial charge in [0, 0.05) is 0 Å². The van der Waals surface area contributed by atoms with Crippen LogP contribution in [0.15, 0.2) is 18.2 Å². The van der Waals surface area contributed by atoms with Gasteiger partial charge in [-0.15, -0.1) is 0 Å². The third-order valence-electron chi connectivity index (χ3n) is 8.48. The third kappa shape index (κ3) is 6.09. The van der Waals surface area contributed by atoms with E-state index in [0.717, 1.165) is 38.5 Å². The lowest BCUT2D eigenvalue weighted by Gasteiger charge is -2.42. The molecule has 198 valence electrons. The van der Waals surface area contributed by atoms with Crippen LogP contribution in [-0.2, 0) is 13.6 Å². The van der Waals surface area contributed by atoms with Gasteiger partial charge in [-0.3, -0.25) is 4.57 Å². The van der Waals surface area contributed by atoms with Crippen LogP contribution in [0, 0.1) is 35.5 Å². The molecule has 1 aliphatic heterocycles. The Morgan fingerprint density at radius 2 is 1.37 bits per heavy atom. The van der Waals surface area contributed by atoms with Crippen molar-refractivity contribution in [1.29, 1.82) is 0 Å². The predicted molar refractivity (Wildman–Crippen MR) is 138 cm³/mol. The average Bonchev–Trinajstić information content (AvgIpc) is 3.26. The van der Waals surface area contributed by atoms with Gasteiger partial charge in [0.1, 0.15) is 0 Å². The van der Waals surface area contributed by atoms with Gasteiger partial charge in [0.05, 0.1) is 12.2 Å². The highest BCUT2D eigenvalue weighted by atomic mass is 31.2. The number of hydrogen-bond donors (Lipinski definition) is 1. The molecule has 2 fully saturated rings. The average molecular weight is 509 g/mol. The fourth-order valence-corrected chi connectivity index (χ4v) is 8.29. The summed E-state index contributed by atoms with van der Waals surface area (Å²) in [7, 11) is -3.94. The summed E-state index contributed by atoms with van der Waals surface area (Å²) in [4.78, 5) is 0. The molecule has 0 spiro atoms. The molecule has 7 atom stereocenters. The number of ether oxygens (including phenoxy) is 2. The second-order valence-corrected chi connectivity index (χ2v) is 14.0. The largest absolute Gasteiger partial charge is 0.454 e. The van der Waals surface area contributed by atoms with Crippen molar-refractivity contribution in [3.05, 3.63) is 23.8 Å². The lowest BCUT2D eigenvalue weighted by Crippen LogP contribution is -2.37. The first-order valence-corrected chi connectivity index (χ1v) is 15.2. The Hall–Kier alpha value is -1.07. The van der Waals surface area contributed by atoms with Crippen LogP contribution in [0.4, 0.5) is 0 Å². The maximum absolute atomic E-state index is 14.7. The number of benzene rings is 1. The molecule has 2 aliphatic carbocycles. The van der Waals surface area contributed by atoms with Crippen molar-refractivity contribution in [2.24, 2.45) is 35.5 Å². The molecule has 7 heteroatoms. The molecule has 1 aromatic rings. The number of rotatable bonds is 8. The van der Waals surface area contributed by atoms with E-state index in [0.29, 0.717) is 52.6 Å². The second kappa shape index (κ2) is 11.1. The highest BCUT2D eigenvalue weighted by Crippen LogP contribution is 2.64. The SMILES string of the molecule is CC(C)[C@@H]1CC[C@@H](C)C[C@H]1OP(=O)(O[C@@H]1C[C@H](C)CC[C@H]1C(C)C)[C@H](O)c1ccc2c(c1)OCO2. The first-order valence-electron chi connectivity index (χ1n) is 13.6. The minimum absolute atomic E-state index is 0.144. The summed E-state index contributed by atoms with van der Waals surface area (Å²) in [6, 6.07) is 5.20.